The van der Waals surface area contributed by atoms with Gasteiger partial charge in [-0.1, -0.05) is 23.8 Å². The highest BCUT2D eigenvalue weighted by molar-refractivity contribution is 5.83. The number of hydrogen-bond acceptors (Lipinski definition) is 4. The van der Waals surface area contributed by atoms with E-state index in [4.69, 9.17) is 9.47 Å². The van der Waals surface area contributed by atoms with Crippen LogP contribution in [0.2, 0.25) is 0 Å². The van der Waals surface area contributed by atoms with Crippen molar-refractivity contribution in [3.05, 3.63) is 34.9 Å². The summed E-state index contributed by atoms with van der Waals surface area (Å²) < 4.78 is 11.0. The number of benzene rings is 1. The molecule has 1 aromatic rings. The summed E-state index contributed by atoms with van der Waals surface area (Å²) in [6.07, 6.45) is 4.21. The molecule has 1 heterocycles. The van der Waals surface area contributed by atoms with Crippen LogP contribution in [0.3, 0.4) is 0 Å². The van der Waals surface area contributed by atoms with Gasteiger partial charge in [0.2, 0.25) is 0 Å². The molecule has 1 N–H and O–H groups in total. The molecule has 0 bridgehead atoms. The zero-order valence-corrected chi connectivity index (χ0v) is 13.6. The molecule has 120 valence electrons. The van der Waals surface area contributed by atoms with E-state index in [1.165, 1.54) is 16.7 Å². The van der Waals surface area contributed by atoms with E-state index in [-0.39, 0.29) is 18.3 Å². The van der Waals surface area contributed by atoms with Crippen LogP contribution < -0.4 is 5.32 Å². The number of methoxy groups -OCH3 is 1. The normalized spacial score (nSPS) is 31.5. The first-order chi connectivity index (χ1) is 10.5. The van der Waals surface area contributed by atoms with E-state index in [9.17, 15) is 4.79 Å². The lowest BCUT2D eigenvalue weighted by molar-refractivity contribution is -0.146. The number of hydrogen-bond donors (Lipinski definition) is 1. The first-order valence-corrected chi connectivity index (χ1v) is 8.10. The van der Waals surface area contributed by atoms with Crippen LogP contribution in [-0.4, -0.2) is 30.9 Å². The Morgan fingerprint density at radius 2 is 2.05 bits per heavy atom. The Morgan fingerprint density at radius 3 is 2.73 bits per heavy atom. The van der Waals surface area contributed by atoms with E-state index >= 15 is 0 Å². The maximum absolute atomic E-state index is 12.4. The third-order valence-corrected chi connectivity index (χ3v) is 5.11. The van der Waals surface area contributed by atoms with Crippen molar-refractivity contribution in [1.82, 2.24) is 5.32 Å². The van der Waals surface area contributed by atoms with Gasteiger partial charge in [-0.2, -0.15) is 0 Å². The SMILES string of the molecule is CO[C@H]1CC[C@]2(CC1)N[C@@H](Cc1cc(C)ccc1C)OC2=O. The largest absolute Gasteiger partial charge is 0.445 e. The fraction of sp³-hybridized carbons (Fsp3) is 0.611. The van der Waals surface area contributed by atoms with Gasteiger partial charge in [0.25, 0.3) is 0 Å². The van der Waals surface area contributed by atoms with E-state index in [1.807, 2.05) is 0 Å². The zero-order chi connectivity index (χ0) is 15.7. The van der Waals surface area contributed by atoms with Crippen LogP contribution >= 0.6 is 0 Å². The molecule has 1 spiro atoms. The standard InChI is InChI=1S/C18H25NO3/c1-12-4-5-13(2)14(10-12)11-16-19-18(17(20)22-16)8-6-15(21-3)7-9-18/h4-5,10,15-16,19H,6-9,11H2,1-3H3/t15-,16-,18+/m1/s1. The third kappa shape index (κ3) is 2.90. The van der Waals surface area contributed by atoms with E-state index in [2.05, 4.69) is 37.4 Å². The monoisotopic (exact) mass is 303 g/mol. The van der Waals surface area contributed by atoms with Crippen LogP contribution in [0.15, 0.2) is 18.2 Å². The molecule has 2 aliphatic rings. The minimum absolute atomic E-state index is 0.0858. The summed E-state index contributed by atoms with van der Waals surface area (Å²) in [6.45, 7) is 4.19. The third-order valence-electron chi connectivity index (χ3n) is 5.11. The summed E-state index contributed by atoms with van der Waals surface area (Å²) >= 11 is 0. The highest BCUT2D eigenvalue weighted by atomic mass is 16.6. The Bertz CT molecular complexity index is 561. The second-order valence-electron chi connectivity index (χ2n) is 6.69. The fourth-order valence-electron chi connectivity index (χ4n) is 3.62. The fourth-order valence-corrected chi connectivity index (χ4v) is 3.62. The summed E-state index contributed by atoms with van der Waals surface area (Å²) in [5.74, 6) is -0.0858. The second-order valence-corrected chi connectivity index (χ2v) is 6.69. The van der Waals surface area contributed by atoms with E-state index in [1.54, 1.807) is 7.11 Å². The van der Waals surface area contributed by atoms with Crippen molar-refractivity contribution in [2.45, 2.75) is 63.8 Å². The van der Waals surface area contributed by atoms with Crippen LogP contribution in [0, 0.1) is 13.8 Å². The molecular formula is C18H25NO3. The molecule has 0 unspecified atom stereocenters. The number of nitrogens with one attached hydrogen (secondary N) is 1. The average molecular weight is 303 g/mol. The summed E-state index contributed by atoms with van der Waals surface area (Å²) in [4.78, 5) is 12.4. The van der Waals surface area contributed by atoms with Crippen molar-refractivity contribution in [3.8, 4) is 0 Å². The van der Waals surface area contributed by atoms with Crippen LogP contribution in [0.25, 0.3) is 0 Å². The Kier molecular flexibility index (Phi) is 4.24. The van der Waals surface area contributed by atoms with Gasteiger partial charge in [0, 0.05) is 13.5 Å². The summed E-state index contributed by atoms with van der Waals surface area (Å²) in [7, 11) is 1.74. The summed E-state index contributed by atoms with van der Waals surface area (Å²) in [5.41, 5.74) is 3.23. The van der Waals surface area contributed by atoms with Gasteiger partial charge >= 0.3 is 5.97 Å². The zero-order valence-electron chi connectivity index (χ0n) is 13.6. The smallest absolute Gasteiger partial charge is 0.328 e. The molecule has 0 aromatic heterocycles. The highest BCUT2D eigenvalue weighted by Crippen LogP contribution is 2.35. The van der Waals surface area contributed by atoms with Gasteiger partial charge < -0.3 is 9.47 Å². The first kappa shape index (κ1) is 15.5. The van der Waals surface area contributed by atoms with Crippen LogP contribution in [0.4, 0.5) is 0 Å². The van der Waals surface area contributed by atoms with Gasteiger partial charge in [-0.05, 0) is 50.7 Å². The molecule has 1 aliphatic heterocycles. The number of carbonyl (C=O) groups is 1. The second kappa shape index (κ2) is 6.01. The lowest BCUT2D eigenvalue weighted by atomic mass is 9.80. The van der Waals surface area contributed by atoms with Crippen molar-refractivity contribution in [1.29, 1.82) is 0 Å². The molecule has 0 amide bonds. The molecule has 1 saturated carbocycles. The molecule has 0 radical (unpaired) electrons. The first-order valence-electron chi connectivity index (χ1n) is 8.10. The Labute approximate surface area is 132 Å². The van der Waals surface area contributed by atoms with Crippen molar-refractivity contribution in [2.75, 3.05) is 7.11 Å². The van der Waals surface area contributed by atoms with E-state index < -0.39 is 5.54 Å². The molecule has 4 heteroatoms. The van der Waals surface area contributed by atoms with Gasteiger partial charge in [-0.15, -0.1) is 0 Å². The molecule has 22 heavy (non-hydrogen) atoms. The number of cyclic esters (lactones) is 1. The van der Waals surface area contributed by atoms with Crippen LogP contribution in [0.5, 0.6) is 0 Å². The van der Waals surface area contributed by atoms with Gasteiger partial charge in [0.15, 0.2) is 6.23 Å². The van der Waals surface area contributed by atoms with Gasteiger partial charge in [0.05, 0.1) is 6.10 Å². The van der Waals surface area contributed by atoms with Gasteiger partial charge in [-0.3, -0.25) is 5.32 Å². The van der Waals surface area contributed by atoms with Gasteiger partial charge in [-0.25, -0.2) is 4.79 Å². The molecule has 3 rings (SSSR count). The number of aryl methyl sites for hydroxylation is 2. The van der Waals surface area contributed by atoms with Gasteiger partial charge in [0.1, 0.15) is 5.54 Å². The van der Waals surface area contributed by atoms with Crippen LogP contribution in [-0.2, 0) is 20.7 Å². The van der Waals surface area contributed by atoms with Crippen LogP contribution in [0.1, 0.15) is 42.4 Å². The Hall–Kier alpha value is -1.39. The highest BCUT2D eigenvalue weighted by Gasteiger charge is 2.50. The molecular weight excluding hydrogens is 278 g/mol. The average Bonchev–Trinajstić information content (AvgIpc) is 2.80. The van der Waals surface area contributed by atoms with E-state index in [0.717, 1.165) is 32.1 Å². The molecule has 1 aliphatic carbocycles. The predicted molar refractivity (Wildman–Crippen MR) is 84.6 cm³/mol. The maximum Gasteiger partial charge on any atom is 0.328 e. The van der Waals surface area contributed by atoms with Crippen molar-refractivity contribution in [2.24, 2.45) is 0 Å². The van der Waals surface area contributed by atoms with Crippen molar-refractivity contribution >= 4 is 5.97 Å². The molecule has 1 aromatic carbocycles. The van der Waals surface area contributed by atoms with Crippen molar-refractivity contribution in [3.63, 3.8) is 0 Å². The summed E-state index contributed by atoms with van der Waals surface area (Å²) in [6, 6.07) is 6.42. The number of carbonyl (C=O) groups excluding carboxylic acids is 1. The Balaban J connectivity index is 1.68. The maximum atomic E-state index is 12.4. The number of esters is 1. The number of ether oxygens (including phenoxy) is 2. The Morgan fingerprint density at radius 1 is 1.32 bits per heavy atom. The number of rotatable bonds is 3. The minimum Gasteiger partial charge on any atom is -0.445 e. The van der Waals surface area contributed by atoms with Crippen molar-refractivity contribution < 1.29 is 14.3 Å². The minimum atomic E-state index is -0.489. The molecule has 4 nitrogen and oxygen atoms in total. The summed E-state index contributed by atoms with van der Waals surface area (Å²) in [5, 5.41) is 3.47. The predicted octanol–water partition coefficient (Wildman–Crippen LogP) is 2.65. The van der Waals surface area contributed by atoms with E-state index in [0.29, 0.717) is 0 Å². The molecule has 1 saturated heterocycles. The molecule has 1 atom stereocenters. The topological polar surface area (TPSA) is 47.6 Å². The molecule has 2 fully saturated rings. The lowest BCUT2D eigenvalue weighted by Gasteiger charge is -2.33. The quantitative estimate of drug-likeness (QED) is 0.872. The lowest BCUT2D eigenvalue weighted by Crippen LogP contribution is -2.51.